The van der Waals surface area contributed by atoms with E-state index < -0.39 is 27.8 Å². The van der Waals surface area contributed by atoms with E-state index >= 15 is 0 Å². The highest BCUT2D eigenvalue weighted by atomic mass is 32.2. The van der Waals surface area contributed by atoms with Gasteiger partial charge < -0.3 is 9.64 Å². The van der Waals surface area contributed by atoms with Crippen LogP contribution in [0.5, 0.6) is 0 Å². The van der Waals surface area contributed by atoms with E-state index in [0.717, 1.165) is 49.8 Å². The number of anilines is 1. The Morgan fingerprint density at radius 1 is 1.08 bits per heavy atom. The number of benzene rings is 1. The van der Waals surface area contributed by atoms with Crippen molar-refractivity contribution in [1.82, 2.24) is 20.1 Å². The van der Waals surface area contributed by atoms with Crippen LogP contribution in [0.4, 0.5) is 14.6 Å². The average Bonchev–Trinajstić information content (AvgIpc) is 3.19. The minimum atomic E-state index is -3.10. The molecule has 1 aromatic carbocycles. The second-order valence-electron chi connectivity index (χ2n) is 11.3. The van der Waals surface area contributed by atoms with Crippen molar-refractivity contribution in [3.63, 3.8) is 0 Å². The lowest BCUT2D eigenvalue weighted by Gasteiger charge is -2.59. The maximum absolute atomic E-state index is 13.7. The van der Waals surface area contributed by atoms with E-state index in [1.807, 2.05) is 19.2 Å². The highest BCUT2D eigenvalue weighted by molar-refractivity contribution is 7.88. The quantitative estimate of drug-likeness (QED) is 0.591. The Hall–Kier alpha value is -2.18. The monoisotopic (exact) mass is 533 g/mol. The largest absolute Gasteiger partial charge is 0.371 e. The Balaban J connectivity index is 1.06. The van der Waals surface area contributed by atoms with E-state index in [9.17, 15) is 17.2 Å². The molecule has 37 heavy (non-hydrogen) atoms. The van der Waals surface area contributed by atoms with E-state index in [2.05, 4.69) is 21.8 Å². The van der Waals surface area contributed by atoms with Gasteiger partial charge >= 0.3 is 0 Å². The minimum absolute atomic E-state index is 0.00488. The summed E-state index contributed by atoms with van der Waals surface area (Å²) < 4.78 is 58.5. The van der Waals surface area contributed by atoms with Crippen molar-refractivity contribution in [3.05, 3.63) is 59.3 Å². The second kappa shape index (κ2) is 9.23. The highest BCUT2D eigenvalue weighted by Crippen LogP contribution is 2.43. The number of sulfonamides is 1. The van der Waals surface area contributed by atoms with Crippen molar-refractivity contribution in [2.75, 3.05) is 37.3 Å². The fourth-order valence-corrected chi connectivity index (χ4v) is 7.50. The van der Waals surface area contributed by atoms with Gasteiger partial charge in [0.2, 0.25) is 10.0 Å². The molecule has 1 saturated carbocycles. The number of pyridine rings is 1. The van der Waals surface area contributed by atoms with E-state index in [-0.39, 0.29) is 17.6 Å². The predicted molar refractivity (Wildman–Crippen MR) is 135 cm³/mol. The summed E-state index contributed by atoms with van der Waals surface area (Å²) in [5.74, 6) is 0.0420. The van der Waals surface area contributed by atoms with E-state index in [1.54, 1.807) is 0 Å². The van der Waals surface area contributed by atoms with Crippen LogP contribution < -0.4 is 15.8 Å². The number of aromatic nitrogens is 1. The van der Waals surface area contributed by atoms with Gasteiger partial charge in [-0.1, -0.05) is 6.07 Å². The number of nitrogens with zero attached hydrogens (tertiary/aromatic N) is 3. The third-order valence-corrected chi connectivity index (χ3v) is 9.65. The molecule has 3 saturated heterocycles. The van der Waals surface area contributed by atoms with Gasteiger partial charge in [-0.15, -0.1) is 0 Å². The predicted octanol–water partition coefficient (Wildman–Crippen LogP) is 2.91. The Bertz CT molecular complexity index is 1240. The second-order valence-corrected chi connectivity index (χ2v) is 13.3. The molecule has 6 rings (SSSR count). The molecule has 3 aliphatic heterocycles. The van der Waals surface area contributed by atoms with Crippen molar-refractivity contribution in [1.29, 1.82) is 0 Å². The van der Waals surface area contributed by atoms with Crippen molar-refractivity contribution in [2.45, 2.75) is 50.5 Å². The zero-order valence-corrected chi connectivity index (χ0v) is 21.8. The van der Waals surface area contributed by atoms with E-state index in [4.69, 9.17) is 9.72 Å². The number of hydrogen-bond acceptors (Lipinski definition) is 7. The van der Waals surface area contributed by atoms with Gasteiger partial charge in [0.15, 0.2) is 0 Å². The van der Waals surface area contributed by atoms with Crippen molar-refractivity contribution >= 4 is 15.8 Å². The van der Waals surface area contributed by atoms with Crippen LogP contribution in [0.1, 0.15) is 49.5 Å². The summed E-state index contributed by atoms with van der Waals surface area (Å²) in [6, 6.07) is 8.13. The Morgan fingerprint density at radius 2 is 1.81 bits per heavy atom. The molecular formula is C26H33F2N5O3S. The lowest BCUT2D eigenvalue weighted by Crippen LogP contribution is -2.73. The molecule has 1 aliphatic carbocycles. The summed E-state index contributed by atoms with van der Waals surface area (Å²) in [5, 5.41) is 0. The molecule has 0 amide bonds. The maximum atomic E-state index is 13.7. The summed E-state index contributed by atoms with van der Waals surface area (Å²) in [4.78, 5) is 6.92. The molecule has 5 atom stereocenters. The van der Waals surface area contributed by atoms with Gasteiger partial charge in [-0.2, -0.15) is 0 Å². The van der Waals surface area contributed by atoms with Crippen LogP contribution in [-0.4, -0.2) is 62.3 Å². The SMILES string of the molecule is C[C@@H](OC1CCC2NNC(c3ccc(N4CC5(C4)CN(S(C)(=O)=O)C5)nc3)C2C1)c1cc(F)cc(F)c1. The van der Waals surface area contributed by atoms with Crippen LogP contribution in [0.2, 0.25) is 0 Å². The maximum Gasteiger partial charge on any atom is 0.211 e. The molecule has 4 unspecified atom stereocenters. The number of rotatable bonds is 6. The molecule has 4 fully saturated rings. The topological polar surface area (TPSA) is 86.8 Å². The molecular weight excluding hydrogens is 500 g/mol. The molecule has 4 heterocycles. The number of halogens is 2. The van der Waals surface area contributed by atoms with Gasteiger partial charge in [-0.3, -0.25) is 5.43 Å². The van der Waals surface area contributed by atoms with Crippen LogP contribution in [0.3, 0.4) is 0 Å². The molecule has 200 valence electrons. The van der Waals surface area contributed by atoms with Crippen LogP contribution >= 0.6 is 0 Å². The average molecular weight is 534 g/mol. The van der Waals surface area contributed by atoms with E-state index in [0.29, 0.717) is 30.6 Å². The molecule has 1 aromatic heterocycles. The number of fused-ring (bicyclic) bond motifs is 1. The molecule has 2 N–H and O–H groups in total. The molecule has 0 bridgehead atoms. The smallest absolute Gasteiger partial charge is 0.211 e. The van der Waals surface area contributed by atoms with Gasteiger partial charge in [0.05, 0.1) is 24.5 Å². The highest BCUT2D eigenvalue weighted by Gasteiger charge is 2.54. The fraction of sp³-hybridized carbons (Fsp3) is 0.577. The molecule has 11 heteroatoms. The van der Waals surface area contributed by atoms with Gasteiger partial charge in [-0.05, 0) is 61.4 Å². The molecule has 8 nitrogen and oxygen atoms in total. The first-order chi connectivity index (χ1) is 17.6. The summed E-state index contributed by atoms with van der Waals surface area (Å²) in [6.45, 7) is 4.68. The molecule has 4 aliphatic rings. The fourth-order valence-electron chi connectivity index (χ4n) is 6.48. The van der Waals surface area contributed by atoms with Crippen molar-refractivity contribution in [2.24, 2.45) is 11.3 Å². The van der Waals surface area contributed by atoms with Gasteiger partial charge in [0.1, 0.15) is 17.5 Å². The van der Waals surface area contributed by atoms with Crippen LogP contribution in [-0.2, 0) is 14.8 Å². The molecule has 0 radical (unpaired) electrons. The summed E-state index contributed by atoms with van der Waals surface area (Å²) in [5.41, 5.74) is 8.56. The first kappa shape index (κ1) is 25.1. The summed E-state index contributed by atoms with van der Waals surface area (Å²) in [7, 11) is -3.10. The Kier molecular flexibility index (Phi) is 6.27. The van der Waals surface area contributed by atoms with Gasteiger partial charge in [-0.25, -0.2) is 31.9 Å². The van der Waals surface area contributed by atoms with Gasteiger partial charge in [0.25, 0.3) is 0 Å². The van der Waals surface area contributed by atoms with Crippen molar-refractivity contribution < 1.29 is 21.9 Å². The zero-order chi connectivity index (χ0) is 25.9. The van der Waals surface area contributed by atoms with Crippen LogP contribution in [0.15, 0.2) is 36.5 Å². The molecule has 2 aromatic rings. The standard InChI is InChI=1S/C26H33F2N5O3S/c1-16(18-7-19(27)9-20(28)8-18)36-21-4-5-23-22(10-21)25(31-30-23)17-3-6-24(29-11-17)32-12-26(13-32)14-33(15-26)37(2,34)35/h3,6-9,11,16,21-23,25,30-31H,4-5,10,12-15H2,1-2H3/t16-,21?,22?,23?,25?/m1/s1. The number of hydrogen-bond donors (Lipinski definition) is 2. The van der Waals surface area contributed by atoms with Crippen LogP contribution in [0, 0.1) is 23.0 Å². The number of ether oxygens (including phenoxy) is 1. The lowest BCUT2D eigenvalue weighted by atomic mass is 9.74. The van der Waals surface area contributed by atoms with Crippen molar-refractivity contribution in [3.8, 4) is 0 Å². The lowest BCUT2D eigenvalue weighted by molar-refractivity contribution is -0.0372. The van der Waals surface area contributed by atoms with E-state index in [1.165, 1.54) is 22.7 Å². The third-order valence-electron chi connectivity index (χ3n) is 8.45. The number of hydrazine groups is 1. The van der Waals surface area contributed by atoms with Crippen LogP contribution in [0.25, 0.3) is 0 Å². The molecule has 1 spiro atoms. The minimum Gasteiger partial charge on any atom is -0.371 e. The normalized spacial score (nSPS) is 30.0. The number of nitrogens with one attached hydrogen (secondary N) is 2. The first-order valence-electron chi connectivity index (χ1n) is 12.9. The Labute approximate surface area is 216 Å². The summed E-state index contributed by atoms with van der Waals surface area (Å²) in [6.07, 6.45) is 5.47. The zero-order valence-electron chi connectivity index (χ0n) is 21.0. The summed E-state index contributed by atoms with van der Waals surface area (Å²) >= 11 is 0. The van der Waals surface area contributed by atoms with Gasteiger partial charge in [0, 0.05) is 49.9 Å². The first-order valence-corrected chi connectivity index (χ1v) is 14.7. The Morgan fingerprint density at radius 3 is 2.46 bits per heavy atom. The third kappa shape index (κ3) is 4.87.